The standard InChI is InChI=1S/C23H19BrFN5O4/c1-29(22(31)13-4-6-17(25)19(8-13)33-2)15-9-16(24)21-27-11-18(30(21)12-15)14-5-7-20(26-10-14)28-23(32)34-3/h4-12H,1-3H3,(H,26,28,32). The van der Waals surface area contributed by atoms with Gasteiger partial charge in [-0.1, -0.05) is 0 Å². The molecular formula is C23H19BrFN5O4. The lowest BCUT2D eigenvalue weighted by atomic mass is 10.1. The van der Waals surface area contributed by atoms with Crippen LogP contribution >= 0.6 is 15.9 Å². The molecule has 4 aromatic rings. The second-order valence-corrected chi connectivity index (χ2v) is 8.00. The summed E-state index contributed by atoms with van der Waals surface area (Å²) >= 11 is 3.52. The predicted molar refractivity (Wildman–Crippen MR) is 128 cm³/mol. The van der Waals surface area contributed by atoms with Gasteiger partial charge in [-0.25, -0.2) is 19.2 Å². The number of fused-ring (bicyclic) bond motifs is 1. The molecule has 0 aliphatic heterocycles. The van der Waals surface area contributed by atoms with Gasteiger partial charge in [0.15, 0.2) is 17.2 Å². The molecular weight excluding hydrogens is 509 g/mol. The third-order valence-corrected chi connectivity index (χ3v) is 5.69. The number of hydrogen-bond donors (Lipinski definition) is 1. The lowest BCUT2D eigenvalue weighted by molar-refractivity contribution is 0.0992. The largest absolute Gasteiger partial charge is 0.494 e. The van der Waals surface area contributed by atoms with E-state index < -0.39 is 11.9 Å². The summed E-state index contributed by atoms with van der Waals surface area (Å²) in [6, 6.07) is 9.15. The molecule has 1 N–H and O–H groups in total. The van der Waals surface area contributed by atoms with Gasteiger partial charge in [-0.3, -0.25) is 14.5 Å². The van der Waals surface area contributed by atoms with E-state index in [1.807, 2.05) is 4.40 Å². The molecule has 11 heteroatoms. The van der Waals surface area contributed by atoms with Crippen molar-refractivity contribution in [3.8, 4) is 17.0 Å². The first-order valence-corrected chi connectivity index (χ1v) is 10.7. The molecule has 0 bridgehead atoms. The average Bonchev–Trinajstić information content (AvgIpc) is 3.28. The topological polar surface area (TPSA) is 98.1 Å². The summed E-state index contributed by atoms with van der Waals surface area (Å²) in [5.74, 6) is -0.557. The number of nitrogens with one attached hydrogen (secondary N) is 1. The molecule has 0 aliphatic carbocycles. The Balaban J connectivity index is 1.69. The molecule has 0 fully saturated rings. The summed E-state index contributed by atoms with van der Waals surface area (Å²) in [7, 11) is 4.23. The molecule has 0 aliphatic rings. The number of carbonyl (C=O) groups excluding carboxylic acids is 2. The zero-order chi connectivity index (χ0) is 24.4. The summed E-state index contributed by atoms with van der Waals surface area (Å²) in [5.41, 5.74) is 2.95. The molecule has 0 spiro atoms. The molecule has 1 aromatic carbocycles. The predicted octanol–water partition coefficient (Wildman–Crippen LogP) is 4.76. The van der Waals surface area contributed by atoms with Crippen LogP contribution in [0.25, 0.3) is 16.9 Å². The Labute approximate surface area is 202 Å². The van der Waals surface area contributed by atoms with Crippen molar-refractivity contribution in [1.82, 2.24) is 14.4 Å². The minimum atomic E-state index is -0.616. The van der Waals surface area contributed by atoms with Crippen LogP contribution in [0.15, 0.2) is 59.5 Å². The summed E-state index contributed by atoms with van der Waals surface area (Å²) in [6.07, 6.45) is 4.42. The van der Waals surface area contributed by atoms with Crippen molar-refractivity contribution in [2.45, 2.75) is 0 Å². The quantitative estimate of drug-likeness (QED) is 0.401. The first-order chi connectivity index (χ1) is 16.3. The molecule has 2 amide bonds. The second kappa shape index (κ2) is 9.48. The SMILES string of the molecule is COC(=O)Nc1ccc(-c2cnc3c(Br)cc(N(C)C(=O)c4ccc(F)c(OC)c4)cn23)cn1. The van der Waals surface area contributed by atoms with Crippen LogP contribution in [0.5, 0.6) is 5.75 Å². The number of rotatable bonds is 5. The molecule has 34 heavy (non-hydrogen) atoms. The molecule has 0 atom stereocenters. The third kappa shape index (κ3) is 4.42. The molecule has 9 nitrogen and oxygen atoms in total. The summed E-state index contributed by atoms with van der Waals surface area (Å²) in [6.45, 7) is 0. The number of hydrogen-bond acceptors (Lipinski definition) is 6. The number of carbonyl (C=O) groups is 2. The number of imidazole rings is 1. The van der Waals surface area contributed by atoms with Crippen LogP contribution in [-0.4, -0.2) is 47.6 Å². The first-order valence-electron chi connectivity index (χ1n) is 9.92. The van der Waals surface area contributed by atoms with Crippen LogP contribution in [0.3, 0.4) is 0 Å². The maximum absolute atomic E-state index is 13.8. The van der Waals surface area contributed by atoms with Crippen LogP contribution in [0.2, 0.25) is 0 Å². The lowest BCUT2D eigenvalue weighted by Crippen LogP contribution is -2.26. The molecule has 4 rings (SSSR count). The van der Waals surface area contributed by atoms with Crippen molar-refractivity contribution in [3.05, 3.63) is 70.8 Å². The fourth-order valence-corrected chi connectivity index (χ4v) is 3.84. The van der Waals surface area contributed by atoms with Gasteiger partial charge in [0.1, 0.15) is 5.82 Å². The van der Waals surface area contributed by atoms with E-state index in [-0.39, 0.29) is 17.2 Å². The third-order valence-electron chi connectivity index (χ3n) is 5.11. The Morgan fingerprint density at radius 3 is 2.59 bits per heavy atom. The van der Waals surface area contributed by atoms with E-state index in [4.69, 9.17) is 4.74 Å². The van der Waals surface area contributed by atoms with E-state index >= 15 is 0 Å². The average molecular weight is 528 g/mol. The van der Waals surface area contributed by atoms with Crippen LogP contribution in [-0.2, 0) is 4.74 Å². The number of pyridine rings is 2. The van der Waals surface area contributed by atoms with Gasteiger partial charge >= 0.3 is 6.09 Å². The van der Waals surface area contributed by atoms with E-state index in [0.29, 0.717) is 21.6 Å². The normalized spacial score (nSPS) is 10.7. The maximum Gasteiger partial charge on any atom is 0.412 e. The number of amides is 2. The van der Waals surface area contributed by atoms with E-state index in [9.17, 15) is 14.0 Å². The highest BCUT2D eigenvalue weighted by Gasteiger charge is 2.19. The molecule has 3 aromatic heterocycles. The molecule has 0 saturated carbocycles. The van der Waals surface area contributed by atoms with Crippen molar-refractivity contribution in [2.24, 2.45) is 0 Å². The summed E-state index contributed by atoms with van der Waals surface area (Å²) < 4.78 is 25.8. The number of methoxy groups -OCH3 is 2. The van der Waals surface area contributed by atoms with Gasteiger partial charge in [0, 0.05) is 30.6 Å². The van der Waals surface area contributed by atoms with Crippen LogP contribution in [0.1, 0.15) is 10.4 Å². The van der Waals surface area contributed by atoms with E-state index in [1.165, 1.54) is 37.3 Å². The van der Waals surface area contributed by atoms with Gasteiger partial charge in [-0.2, -0.15) is 0 Å². The number of anilines is 2. The van der Waals surface area contributed by atoms with Crippen molar-refractivity contribution >= 4 is 45.1 Å². The molecule has 174 valence electrons. The van der Waals surface area contributed by atoms with Crippen LogP contribution in [0.4, 0.5) is 20.7 Å². The number of nitrogens with zero attached hydrogens (tertiary/aromatic N) is 4. The van der Waals surface area contributed by atoms with Gasteiger partial charge in [-0.05, 0) is 52.3 Å². The molecule has 0 radical (unpaired) electrons. The Morgan fingerprint density at radius 1 is 1.12 bits per heavy atom. The fraction of sp³-hybridized carbons (Fsp3) is 0.130. The number of ether oxygens (including phenoxy) is 2. The number of halogens is 2. The Bertz CT molecular complexity index is 1390. The zero-order valence-electron chi connectivity index (χ0n) is 18.4. The van der Waals surface area contributed by atoms with Crippen molar-refractivity contribution in [2.75, 3.05) is 31.5 Å². The number of aromatic nitrogens is 3. The summed E-state index contributed by atoms with van der Waals surface area (Å²) in [5, 5.41) is 2.50. The van der Waals surface area contributed by atoms with Crippen molar-refractivity contribution in [1.29, 1.82) is 0 Å². The highest BCUT2D eigenvalue weighted by Crippen LogP contribution is 2.30. The molecule has 0 saturated heterocycles. The van der Waals surface area contributed by atoms with Gasteiger partial charge in [0.25, 0.3) is 5.91 Å². The summed E-state index contributed by atoms with van der Waals surface area (Å²) in [4.78, 5) is 34.6. The first kappa shape index (κ1) is 23.2. The van der Waals surface area contributed by atoms with Crippen molar-refractivity contribution in [3.63, 3.8) is 0 Å². The Kier molecular flexibility index (Phi) is 6.46. The van der Waals surface area contributed by atoms with Gasteiger partial charge in [-0.15, -0.1) is 0 Å². The minimum absolute atomic E-state index is 0.00888. The van der Waals surface area contributed by atoms with Crippen LogP contribution < -0.4 is 15.0 Å². The Hall–Kier alpha value is -3.99. The van der Waals surface area contributed by atoms with Gasteiger partial charge < -0.3 is 14.4 Å². The lowest BCUT2D eigenvalue weighted by Gasteiger charge is -2.19. The number of benzene rings is 1. The van der Waals surface area contributed by atoms with E-state index in [1.54, 1.807) is 43.8 Å². The van der Waals surface area contributed by atoms with Gasteiger partial charge in [0.2, 0.25) is 0 Å². The molecule has 3 heterocycles. The second-order valence-electron chi connectivity index (χ2n) is 7.15. The van der Waals surface area contributed by atoms with E-state index in [0.717, 1.165) is 11.3 Å². The smallest absolute Gasteiger partial charge is 0.412 e. The highest BCUT2D eigenvalue weighted by atomic mass is 79.9. The monoisotopic (exact) mass is 527 g/mol. The van der Waals surface area contributed by atoms with Crippen LogP contribution in [0, 0.1) is 5.82 Å². The van der Waals surface area contributed by atoms with E-state index in [2.05, 4.69) is 36.0 Å². The Morgan fingerprint density at radius 2 is 1.91 bits per heavy atom. The fourth-order valence-electron chi connectivity index (χ4n) is 3.31. The highest BCUT2D eigenvalue weighted by molar-refractivity contribution is 9.10. The minimum Gasteiger partial charge on any atom is -0.494 e. The zero-order valence-corrected chi connectivity index (χ0v) is 20.0. The molecule has 0 unspecified atom stereocenters. The van der Waals surface area contributed by atoms with Crippen molar-refractivity contribution < 1.29 is 23.5 Å². The van der Waals surface area contributed by atoms with Gasteiger partial charge in [0.05, 0.1) is 36.3 Å². The maximum atomic E-state index is 13.8.